The van der Waals surface area contributed by atoms with E-state index in [-0.39, 0.29) is 0 Å². The maximum absolute atomic E-state index is 4.88. The van der Waals surface area contributed by atoms with E-state index in [2.05, 4.69) is 153 Å². The normalized spacial score (nSPS) is 11.9. The molecule has 0 fully saturated rings. The van der Waals surface area contributed by atoms with E-state index in [0.717, 1.165) is 11.3 Å². The summed E-state index contributed by atoms with van der Waals surface area (Å²) >= 11 is 0. The Labute approximate surface area is 236 Å². The number of aromatic nitrogens is 1. The summed E-state index contributed by atoms with van der Waals surface area (Å²) < 4.78 is 0. The van der Waals surface area contributed by atoms with Gasteiger partial charge in [-0.1, -0.05) is 129 Å². The fourth-order valence-electron chi connectivity index (χ4n) is 5.79. The molecule has 0 spiro atoms. The quantitative estimate of drug-likeness (QED) is 0.163. The third-order valence-electron chi connectivity index (χ3n) is 8.09. The van der Waals surface area contributed by atoms with Crippen molar-refractivity contribution in [3.05, 3.63) is 134 Å². The second-order valence-electron chi connectivity index (χ2n) is 11.7. The van der Waals surface area contributed by atoms with Crippen LogP contribution in [0.3, 0.4) is 0 Å². The van der Waals surface area contributed by atoms with Crippen molar-refractivity contribution in [1.29, 1.82) is 0 Å². The highest BCUT2D eigenvalue weighted by atomic mass is 28.3. The van der Waals surface area contributed by atoms with Gasteiger partial charge in [-0.15, -0.1) is 0 Å². The first kappa shape index (κ1) is 24.5. The molecule has 0 atom stereocenters. The summed E-state index contributed by atoms with van der Waals surface area (Å²) in [5.41, 5.74) is 7.13. The standard InChI is InChI=1S/C38H31NSi/c1-40(2,3)31-19-22-38(39-25-31)30-18-21-34-32-11-7-8-12-33(32)36-23-29(17-20-35(36)37(34)24-30)28-15-13-27(14-16-28)26-9-5-4-6-10-26/h4-25H,1-3H3. The predicted octanol–water partition coefficient (Wildman–Crippen LogP) is 10.1. The van der Waals surface area contributed by atoms with E-state index in [9.17, 15) is 0 Å². The van der Waals surface area contributed by atoms with Crippen molar-refractivity contribution in [2.45, 2.75) is 19.6 Å². The highest BCUT2D eigenvalue weighted by Crippen LogP contribution is 2.38. The average molecular weight is 530 g/mol. The molecule has 1 heterocycles. The van der Waals surface area contributed by atoms with Gasteiger partial charge in [0, 0.05) is 11.8 Å². The van der Waals surface area contributed by atoms with E-state index in [0.29, 0.717) is 0 Å². The number of hydrogen-bond acceptors (Lipinski definition) is 1. The average Bonchev–Trinajstić information content (AvgIpc) is 3.01. The van der Waals surface area contributed by atoms with Gasteiger partial charge in [0.2, 0.25) is 0 Å². The monoisotopic (exact) mass is 529 g/mol. The minimum absolute atomic E-state index is 1.03. The largest absolute Gasteiger partial charge is 0.256 e. The second kappa shape index (κ2) is 9.58. The zero-order valence-corrected chi connectivity index (χ0v) is 24.1. The Morgan fingerprint density at radius 3 is 1.50 bits per heavy atom. The molecule has 0 aliphatic carbocycles. The van der Waals surface area contributed by atoms with Gasteiger partial charge in [-0.2, -0.15) is 0 Å². The number of hydrogen-bond donors (Lipinski definition) is 0. The molecule has 0 aliphatic rings. The zero-order valence-electron chi connectivity index (χ0n) is 23.1. The number of nitrogens with zero attached hydrogens (tertiary/aromatic N) is 1. The van der Waals surface area contributed by atoms with E-state index < -0.39 is 8.07 Å². The van der Waals surface area contributed by atoms with E-state index in [1.54, 1.807) is 0 Å². The smallest absolute Gasteiger partial charge is 0.0796 e. The first-order valence-electron chi connectivity index (χ1n) is 14.0. The van der Waals surface area contributed by atoms with Gasteiger partial charge < -0.3 is 0 Å². The lowest BCUT2D eigenvalue weighted by Crippen LogP contribution is -2.37. The maximum atomic E-state index is 4.88. The van der Waals surface area contributed by atoms with Crippen LogP contribution >= 0.6 is 0 Å². The van der Waals surface area contributed by atoms with Gasteiger partial charge in [0.1, 0.15) is 0 Å². The topological polar surface area (TPSA) is 12.9 Å². The molecule has 7 aromatic rings. The van der Waals surface area contributed by atoms with Gasteiger partial charge in [0.15, 0.2) is 0 Å². The third kappa shape index (κ3) is 4.31. The number of fused-ring (bicyclic) bond motifs is 6. The molecule has 0 amide bonds. The van der Waals surface area contributed by atoms with Crippen LogP contribution < -0.4 is 5.19 Å². The van der Waals surface area contributed by atoms with Gasteiger partial charge in [-0.3, -0.25) is 4.98 Å². The van der Waals surface area contributed by atoms with Crippen LogP contribution in [0.5, 0.6) is 0 Å². The van der Waals surface area contributed by atoms with E-state index in [4.69, 9.17) is 4.98 Å². The van der Waals surface area contributed by atoms with Gasteiger partial charge in [0.25, 0.3) is 0 Å². The van der Waals surface area contributed by atoms with Crippen LogP contribution in [0, 0.1) is 0 Å². The first-order valence-corrected chi connectivity index (χ1v) is 17.5. The van der Waals surface area contributed by atoms with E-state index in [1.807, 2.05) is 0 Å². The molecule has 0 saturated carbocycles. The first-order chi connectivity index (χ1) is 19.5. The third-order valence-corrected chi connectivity index (χ3v) is 10.1. The Hall–Kier alpha value is -4.53. The second-order valence-corrected chi connectivity index (χ2v) is 16.8. The van der Waals surface area contributed by atoms with Crippen LogP contribution in [0.1, 0.15) is 0 Å². The fourth-order valence-corrected chi connectivity index (χ4v) is 6.82. The summed E-state index contributed by atoms with van der Waals surface area (Å²) in [4.78, 5) is 4.88. The van der Waals surface area contributed by atoms with Crippen LogP contribution in [0.2, 0.25) is 19.6 Å². The van der Waals surface area contributed by atoms with E-state index in [1.165, 1.54) is 59.8 Å². The lowest BCUT2D eigenvalue weighted by Gasteiger charge is -2.16. The molecule has 192 valence electrons. The predicted molar refractivity (Wildman–Crippen MR) is 176 cm³/mol. The van der Waals surface area contributed by atoms with Gasteiger partial charge in [-0.25, -0.2) is 0 Å². The summed E-state index contributed by atoms with van der Waals surface area (Å²) in [5.74, 6) is 0. The molecule has 40 heavy (non-hydrogen) atoms. The molecular formula is C38H31NSi. The highest BCUT2D eigenvalue weighted by molar-refractivity contribution is 6.88. The number of pyridine rings is 1. The minimum Gasteiger partial charge on any atom is -0.256 e. The number of rotatable bonds is 4. The molecule has 0 unspecified atom stereocenters. The van der Waals surface area contributed by atoms with E-state index >= 15 is 0 Å². The van der Waals surface area contributed by atoms with Crippen molar-refractivity contribution < 1.29 is 0 Å². The molecule has 0 aliphatic heterocycles. The summed E-state index contributed by atoms with van der Waals surface area (Å²) in [5, 5.41) is 9.08. The van der Waals surface area contributed by atoms with Crippen molar-refractivity contribution in [2.24, 2.45) is 0 Å². The maximum Gasteiger partial charge on any atom is 0.0796 e. The van der Waals surface area contributed by atoms with Crippen LogP contribution in [-0.2, 0) is 0 Å². The molecule has 1 nitrogen and oxygen atoms in total. The molecule has 0 radical (unpaired) electrons. The molecule has 0 saturated heterocycles. The Morgan fingerprint density at radius 2 is 0.875 bits per heavy atom. The highest BCUT2D eigenvalue weighted by Gasteiger charge is 2.17. The van der Waals surface area contributed by atoms with Crippen LogP contribution in [0.4, 0.5) is 0 Å². The molecular weight excluding hydrogens is 499 g/mol. The van der Waals surface area contributed by atoms with Gasteiger partial charge >= 0.3 is 0 Å². The summed E-state index contributed by atoms with van der Waals surface area (Å²) in [6, 6.07) is 46.5. The van der Waals surface area contributed by atoms with Gasteiger partial charge in [-0.05, 0) is 78.0 Å². The Morgan fingerprint density at radius 1 is 0.400 bits per heavy atom. The van der Waals surface area contributed by atoms with Crippen molar-refractivity contribution in [3.8, 4) is 33.5 Å². The van der Waals surface area contributed by atoms with Crippen LogP contribution in [0.25, 0.3) is 65.8 Å². The van der Waals surface area contributed by atoms with Crippen molar-refractivity contribution in [3.63, 3.8) is 0 Å². The molecule has 7 rings (SSSR count). The lowest BCUT2D eigenvalue weighted by molar-refractivity contribution is 1.34. The van der Waals surface area contributed by atoms with Crippen LogP contribution in [0.15, 0.2) is 134 Å². The van der Waals surface area contributed by atoms with Crippen molar-refractivity contribution in [1.82, 2.24) is 4.98 Å². The summed E-state index contributed by atoms with van der Waals surface area (Å²) in [6.45, 7) is 7.09. The molecule has 1 aromatic heterocycles. The minimum atomic E-state index is -1.38. The molecule has 6 aromatic carbocycles. The summed E-state index contributed by atoms with van der Waals surface area (Å²) in [7, 11) is -1.38. The Kier molecular flexibility index (Phi) is 5.87. The molecule has 0 bridgehead atoms. The lowest BCUT2D eigenvalue weighted by atomic mass is 9.90. The van der Waals surface area contributed by atoms with Gasteiger partial charge in [0.05, 0.1) is 13.8 Å². The van der Waals surface area contributed by atoms with Crippen LogP contribution in [-0.4, -0.2) is 13.1 Å². The Balaban J connectivity index is 1.37. The number of benzene rings is 6. The SMILES string of the molecule is C[Si](C)(C)c1ccc(-c2ccc3c4ccccc4c4cc(-c5ccc(-c6ccccc6)cc5)ccc4c3c2)nc1. The molecule has 2 heteroatoms. The van der Waals surface area contributed by atoms with Crippen molar-refractivity contribution >= 4 is 45.6 Å². The molecule has 0 N–H and O–H groups in total. The fraction of sp³-hybridized carbons (Fsp3) is 0.0789. The van der Waals surface area contributed by atoms with Crippen molar-refractivity contribution in [2.75, 3.05) is 0 Å². The zero-order chi connectivity index (χ0) is 27.3. The summed E-state index contributed by atoms with van der Waals surface area (Å²) in [6.07, 6.45) is 2.08. The Bertz CT molecular complexity index is 2000.